The van der Waals surface area contributed by atoms with Gasteiger partial charge in [-0.15, -0.1) is 0 Å². The van der Waals surface area contributed by atoms with E-state index in [2.05, 4.69) is 31.2 Å². The van der Waals surface area contributed by atoms with Gasteiger partial charge in [0.25, 0.3) is 0 Å². The van der Waals surface area contributed by atoms with Crippen LogP contribution >= 0.6 is 0 Å². The molecule has 7 heteroatoms. The monoisotopic (exact) mass is 484 g/mol. The molecule has 3 aromatic rings. The summed E-state index contributed by atoms with van der Waals surface area (Å²) < 4.78 is 32.1. The highest BCUT2D eigenvalue weighted by Gasteiger charge is 2.24. The summed E-state index contributed by atoms with van der Waals surface area (Å²) in [6.07, 6.45) is 0.629. The van der Waals surface area contributed by atoms with E-state index in [0.717, 1.165) is 5.75 Å². The lowest BCUT2D eigenvalue weighted by Crippen LogP contribution is -2.35. The first-order valence-corrected chi connectivity index (χ1v) is 12.9. The summed E-state index contributed by atoms with van der Waals surface area (Å²) in [7, 11) is -3.52. The van der Waals surface area contributed by atoms with Crippen LogP contribution in [-0.2, 0) is 16.6 Å². The number of aromatic hydroxyl groups is 1. The van der Waals surface area contributed by atoms with E-state index in [9.17, 15) is 13.5 Å². The summed E-state index contributed by atoms with van der Waals surface area (Å²) in [6.45, 7) is 7.98. The molecule has 0 aliphatic carbocycles. The predicted octanol–water partition coefficient (Wildman–Crippen LogP) is 4.96. The maximum Gasteiger partial charge on any atom is 0.243 e. The van der Waals surface area contributed by atoms with E-state index in [-0.39, 0.29) is 16.6 Å². The first-order chi connectivity index (χ1) is 16.2. The van der Waals surface area contributed by atoms with E-state index >= 15 is 0 Å². The Bertz CT molecular complexity index is 1070. The SMILES string of the molecule is CC(C)CN(CCCN)S(=O)(=O)c1ccc(O)cc1.Cc1ccc(OCc2ccccc2)cc1. The number of nitrogens with two attached hydrogens (primary N) is 1. The van der Waals surface area contributed by atoms with Crippen molar-refractivity contribution >= 4 is 10.0 Å². The van der Waals surface area contributed by atoms with Crippen LogP contribution < -0.4 is 10.5 Å². The van der Waals surface area contributed by atoms with Crippen LogP contribution in [0.15, 0.2) is 83.8 Å². The van der Waals surface area contributed by atoms with Gasteiger partial charge in [-0.25, -0.2) is 8.42 Å². The van der Waals surface area contributed by atoms with E-state index in [1.807, 2.05) is 44.2 Å². The molecule has 0 saturated heterocycles. The number of aryl methyl sites for hydroxylation is 1. The summed E-state index contributed by atoms with van der Waals surface area (Å²) in [4.78, 5) is 0.197. The molecule has 0 bridgehead atoms. The Hall–Kier alpha value is -2.87. The van der Waals surface area contributed by atoms with E-state index in [1.165, 1.54) is 39.7 Å². The maximum atomic E-state index is 12.5. The summed E-state index contributed by atoms with van der Waals surface area (Å²) in [5.74, 6) is 1.21. The van der Waals surface area contributed by atoms with Gasteiger partial charge in [-0.2, -0.15) is 4.31 Å². The van der Waals surface area contributed by atoms with Crippen LogP contribution in [0.2, 0.25) is 0 Å². The Morgan fingerprint density at radius 2 is 1.56 bits per heavy atom. The van der Waals surface area contributed by atoms with Gasteiger partial charge < -0.3 is 15.6 Å². The van der Waals surface area contributed by atoms with Crippen LogP contribution in [0.5, 0.6) is 11.5 Å². The van der Waals surface area contributed by atoms with E-state index in [1.54, 1.807) is 0 Å². The Morgan fingerprint density at radius 3 is 2.12 bits per heavy atom. The summed E-state index contributed by atoms with van der Waals surface area (Å²) in [5.41, 5.74) is 7.90. The molecule has 0 radical (unpaired) electrons. The molecule has 3 N–H and O–H groups in total. The Balaban J connectivity index is 0.000000246. The third kappa shape index (κ3) is 9.17. The number of phenolic OH excluding ortho intramolecular Hbond substituents is 1. The standard InChI is InChI=1S/C14H14O.C13H22N2O3S/c1-12-7-9-14(10-8-12)15-11-13-5-3-2-4-6-13;1-11(2)10-15(9-3-8-14)19(17,18)13-6-4-12(16)5-7-13/h2-10H,11H2,1H3;4-7,11,16H,3,8-10,14H2,1-2H3. The van der Waals surface area contributed by atoms with Crippen LogP contribution in [0, 0.1) is 12.8 Å². The fourth-order valence-electron chi connectivity index (χ4n) is 3.13. The molecule has 0 amide bonds. The third-order valence-corrected chi connectivity index (χ3v) is 6.80. The normalized spacial score (nSPS) is 11.2. The highest BCUT2D eigenvalue weighted by Crippen LogP contribution is 2.20. The second-order valence-electron chi connectivity index (χ2n) is 8.48. The van der Waals surface area contributed by atoms with Crippen LogP contribution in [0.3, 0.4) is 0 Å². The molecule has 0 fully saturated rings. The molecule has 0 saturated carbocycles. The van der Waals surface area contributed by atoms with Gasteiger partial charge in [-0.3, -0.25) is 0 Å². The highest BCUT2D eigenvalue weighted by molar-refractivity contribution is 7.89. The van der Waals surface area contributed by atoms with Crippen molar-refractivity contribution in [1.29, 1.82) is 0 Å². The molecule has 0 spiro atoms. The number of phenols is 1. The molecule has 0 unspecified atom stereocenters. The van der Waals surface area contributed by atoms with Crippen molar-refractivity contribution in [2.24, 2.45) is 11.7 Å². The number of hydrogen-bond acceptors (Lipinski definition) is 5. The molecular formula is C27H36N2O4S. The fourth-order valence-corrected chi connectivity index (χ4v) is 4.77. The Morgan fingerprint density at radius 1 is 0.941 bits per heavy atom. The van der Waals surface area contributed by atoms with Crippen LogP contribution in [0.4, 0.5) is 0 Å². The van der Waals surface area contributed by atoms with Crippen molar-refractivity contribution in [2.45, 2.75) is 38.7 Å². The maximum absolute atomic E-state index is 12.5. The zero-order chi connectivity index (χ0) is 25.0. The largest absolute Gasteiger partial charge is 0.508 e. The minimum Gasteiger partial charge on any atom is -0.508 e. The van der Waals surface area contributed by atoms with Crippen molar-refractivity contribution in [3.8, 4) is 11.5 Å². The number of benzene rings is 3. The number of nitrogens with zero attached hydrogens (tertiary/aromatic N) is 1. The van der Waals surface area contributed by atoms with E-state index < -0.39 is 10.0 Å². The number of ether oxygens (including phenoxy) is 1. The average Bonchev–Trinajstić information content (AvgIpc) is 2.82. The van der Waals surface area contributed by atoms with Crippen molar-refractivity contribution in [3.63, 3.8) is 0 Å². The molecule has 3 aromatic carbocycles. The molecule has 34 heavy (non-hydrogen) atoms. The van der Waals surface area contributed by atoms with E-state index in [4.69, 9.17) is 10.5 Å². The summed E-state index contributed by atoms with van der Waals surface area (Å²) >= 11 is 0. The zero-order valence-corrected chi connectivity index (χ0v) is 21.0. The highest BCUT2D eigenvalue weighted by atomic mass is 32.2. The van der Waals surface area contributed by atoms with Gasteiger partial charge in [0.1, 0.15) is 18.1 Å². The second-order valence-corrected chi connectivity index (χ2v) is 10.4. The molecule has 0 atom stereocenters. The first-order valence-electron chi connectivity index (χ1n) is 11.4. The molecule has 0 aliphatic heterocycles. The van der Waals surface area contributed by atoms with Crippen molar-refractivity contribution in [2.75, 3.05) is 19.6 Å². The van der Waals surface area contributed by atoms with Gasteiger partial charge >= 0.3 is 0 Å². The average molecular weight is 485 g/mol. The Labute approximate surface area is 204 Å². The van der Waals surface area contributed by atoms with Gasteiger partial charge in [0.15, 0.2) is 0 Å². The van der Waals surface area contributed by atoms with Crippen LogP contribution in [0.1, 0.15) is 31.4 Å². The quantitative estimate of drug-likeness (QED) is 0.424. The topological polar surface area (TPSA) is 92.9 Å². The van der Waals surface area contributed by atoms with Crippen LogP contribution in [-0.4, -0.2) is 37.5 Å². The lowest BCUT2D eigenvalue weighted by Gasteiger charge is -2.23. The zero-order valence-electron chi connectivity index (χ0n) is 20.2. The molecule has 0 aliphatic rings. The molecular weight excluding hydrogens is 448 g/mol. The minimum absolute atomic E-state index is 0.0521. The summed E-state index contributed by atoms with van der Waals surface area (Å²) in [5, 5.41) is 9.22. The first kappa shape index (κ1) is 27.4. The predicted molar refractivity (Wildman–Crippen MR) is 137 cm³/mol. The van der Waals surface area contributed by atoms with Gasteiger partial charge in [0, 0.05) is 13.1 Å². The van der Waals surface area contributed by atoms with Crippen LogP contribution in [0.25, 0.3) is 0 Å². The molecule has 0 aromatic heterocycles. The fraction of sp³-hybridized carbons (Fsp3) is 0.333. The Kier molecular flexibility index (Phi) is 11.1. The molecule has 6 nitrogen and oxygen atoms in total. The molecule has 0 heterocycles. The molecule has 184 valence electrons. The lowest BCUT2D eigenvalue weighted by molar-refractivity contribution is 0.306. The minimum atomic E-state index is -3.52. The third-order valence-electron chi connectivity index (χ3n) is 4.92. The van der Waals surface area contributed by atoms with Gasteiger partial charge in [-0.1, -0.05) is 61.9 Å². The van der Waals surface area contributed by atoms with Gasteiger partial charge in [-0.05, 0) is 67.8 Å². The van der Waals surface area contributed by atoms with Gasteiger partial charge in [0.05, 0.1) is 4.90 Å². The van der Waals surface area contributed by atoms with Crippen molar-refractivity contribution in [3.05, 3.63) is 90.0 Å². The second kappa shape index (κ2) is 13.7. The molecule has 3 rings (SSSR count). The van der Waals surface area contributed by atoms with Crippen molar-refractivity contribution in [1.82, 2.24) is 4.31 Å². The number of hydrogen-bond donors (Lipinski definition) is 2. The number of rotatable bonds is 10. The number of sulfonamides is 1. The summed E-state index contributed by atoms with van der Waals surface area (Å²) in [6, 6.07) is 23.9. The smallest absolute Gasteiger partial charge is 0.243 e. The van der Waals surface area contributed by atoms with Crippen molar-refractivity contribution < 1.29 is 18.3 Å². The lowest BCUT2D eigenvalue weighted by atomic mass is 10.2. The van der Waals surface area contributed by atoms with Gasteiger partial charge in [0.2, 0.25) is 10.0 Å². The van der Waals surface area contributed by atoms with E-state index in [0.29, 0.717) is 32.7 Å².